The van der Waals surface area contributed by atoms with Gasteiger partial charge in [-0.2, -0.15) is 0 Å². The molecular formula is C15H13NO3. The molecule has 2 rings (SSSR count). The van der Waals surface area contributed by atoms with Gasteiger partial charge in [-0.25, -0.2) is 0 Å². The molecule has 0 heterocycles. The summed E-state index contributed by atoms with van der Waals surface area (Å²) in [4.78, 5) is 23.3. The third-order valence-corrected chi connectivity index (χ3v) is 2.53. The predicted octanol–water partition coefficient (Wildman–Crippen LogP) is 1.78. The molecule has 0 fully saturated rings. The van der Waals surface area contributed by atoms with E-state index in [2.05, 4.69) is 0 Å². The molecule has 0 aliphatic rings. The largest absolute Gasteiger partial charge is 0.426 e. The molecule has 0 aliphatic heterocycles. The van der Waals surface area contributed by atoms with Gasteiger partial charge in [-0.05, 0) is 12.1 Å². The van der Waals surface area contributed by atoms with Gasteiger partial charge in [0.25, 0.3) is 0 Å². The van der Waals surface area contributed by atoms with E-state index < -0.39 is 5.97 Å². The maximum absolute atomic E-state index is 12.2. The molecule has 0 atom stereocenters. The summed E-state index contributed by atoms with van der Waals surface area (Å²) in [5, 5.41) is 0. The molecule has 19 heavy (non-hydrogen) atoms. The lowest BCUT2D eigenvalue weighted by molar-refractivity contribution is -0.132. The zero-order valence-corrected chi connectivity index (χ0v) is 10.2. The Kier molecular flexibility index (Phi) is 4.05. The molecule has 0 radical (unpaired) electrons. The molecule has 0 saturated heterocycles. The van der Waals surface area contributed by atoms with Crippen molar-refractivity contribution in [2.24, 2.45) is 5.73 Å². The van der Waals surface area contributed by atoms with Crippen molar-refractivity contribution in [2.45, 2.75) is 0 Å². The van der Waals surface area contributed by atoms with Gasteiger partial charge < -0.3 is 10.5 Å². The highest BCUT2D eigenvalue weighted by molar-refractivity contribution is 6.09. The number of ketones is 1. The maximum Gasteiger partial charge on any atom is 0.325 e. The molecule has 0 spiro atoms. The van der Waals surface area contributed by atoms with Crippen LogP contribution in [0.3, 0.4) is 0 Å². The van der Waals surface area contributed by atoms with E-state index in [0.717, 1.165) is 0 Å². The van der Waals surface area contributed by atoms with E-state index in [1.165, 1.54) is 6.07 Å². The Morgan fingerprint density at radius 2 is 1.63 bits per heavy atom. The number of carbonyl (C=O) groups is 2. The van der Waals surface area contributed by atoms with Crippen molar-refractivity contribution >= 4 is 11.8 Å². The monoisotopic (exact) mass is 255 g/mol. The highest BCUT2D eigenvalue weighted by Crippen LogP contribution is 2.16. The quantitative estimate of drug-likeness (QED) is 0.513. The van der Waals surface area contributed by atoms with Crippen LogP contribution >= 0.6 is 0 Å². The van der Waals surface area contributed by atoms with E-state index in [-0.39, 0.29) is 12.3 Å². The van der Waals surface area contributed by atoms with Gasteiger partial charge >= 0.3 is 5.97 Å². The number of hydrogen-bond donors (Lipinski definition) is 1. The van der Waals surface area contributed by atoms with Gasteiger partial charge in [-0.1, -0.05) is 42.5 Å². The van der Waals surface area contributed by atoms with Gasteiger partial charge in [0.2, 0.25) is 0 Å². The first kappa shape index (κ1) is 13.0. The van der Waals surface area contributed by atoms with Crippen LogP contribution in [0.15, 0.2) is 54.6 Å². The number of esters is 1. The zero-order valence-electron chi connectivity index (χ0n) is 10.2. The Bertz CT molecular complexity index is 593. The lowest BCUT2D eigenvalue weighted by Gasteiger charge is -2.05. The molecule has 0 aliphatic carbocycles. The van der Waals surface area contributed by atoms with Crippen molar-refractivity contribution in [3.8, 4) is 5.75 Å². The van der Waals surface area contributed by atoms with Gasteiger partial charge in [0.05, 0.1) is 6.54 Å². The van der Waals surface area contributed by atoms with E-state index in [4.69, 9.17) is 10.5 Å². The third kappa shape index (κ3) is 3.26. The summed E-state index contributed by atoms with van der Waals surface area (Å²) < 4.78 is 4.97. The van der Waals surface area contributed by atoms with Crippen LogP contribution in [0.5, 0.6) is 5.75 Å². The second-order valence-electron chi connectivity index (χ2n) is 3.90. The molecule has 0 amide bonds. The third-order valence-electron chi connectivity index (χ3n) is 2.53. The molecule has 0 bridgehead atoms. The minimum absolute atomic E-state index is 0.119. The molecule has 0 unspecified atom stereocenters. The Morgan fingerprint density at radius 3 is 2.32 bits per heavy atom. The molecule has 2 N–H and O–H groups in total. The summed E-state index contributed by atoms with van der Waals surface area (Å²) in [6.07, 6.45) is 0. The number of nitrogens with two attached hydrogens (primary N) is 1. The Labute approximate surface area is 110 Å². The number of hydrogen-bond acceptors (Lipinski definition) is 4. The molecule has 4 nitrogen and oxygen atoms in total. The first-order valence-corrected chi connectivity index (χ1v) is 5.81. The minimum atomic E-state index is -0.538. The first-order valence-electron chi connectivity index (χ1n) is 5.81. The topological polar surface area (TPSA) is 69.4 Å². The summed E-state index contributed by atoms with van der Waals surface area (Å²) >= 11 is 0. The summed E-state index contributed by atoms with van der Waals surface area (Å²) in [6.45, 7) is -0.198. The number of ether oxygens (including phenoxy) is 1. The molecule has 0 saturated carbocycles. The van der Waals surface area contributed by atoms with Gasteiger partial charge in [-0.3, -0.25) is 9.59 Å². The smallest absolute Gasteiger partial charge is 0.325 e. The molecule has 2 aromatic carbocycles. The van der Waals surface area contributed by atoms with Crippen molar-refractivity contribution < 1.29 is 14.3 Å². The van der Waals surface area contributed by atoms with Gasteiger partial charge in [-0.15, -0.1) is 0 Å². The number of rotatable bonds is 4. The van der Waals surface area contributed by atoms with Crippen molar-refractivity contribution in [1.29, 1.82) is 0 Å². The van der Waals surface area contributed by atoms with Crippen LogP contribution in [-0.4, -0.2) is 18.3 Å². The van der Waals surface area contributed by atoms with Crippen LogP contribution in [0.1, 0.15) is 15.9 Å². The van der Waals surface area contributed by atoms with Crippen LogP contribution in [0.4, 0.5) is 0 Å². The lowest BCUT2D eigenvalue weighted by Crippen LogP contribution is -2.19. The van der Waals surface area contributed by atoms with E-state index in [1.807, 2.05) is 6.07 Å². The second kappa shape index (κ2) is 5.93. The zero-order chi connectivity index (χ0) is 13.7. The van der Waals surface area contributed by atoms with Gasteiger partial charge in [0, 0.05) is 11.1 Å². The van der Waals surface area contributed by atoms with E-state index >= 15 is 0 Å². The van der Waals surface area contributed by atoms with Crippen LogP contribution in [0, 0.1) is 0 Å². The van der Waals surface area contributed by atoms with Crippen molar-refractivity contribution in [3.05, 3.63) is 65.7 Å². The average molecular weight is 255 g/mol. The second-order valence-corrected chi connectivity index (χ2v) is 3.90. The highest BCUT2D eigenvalue weighted by atomic mass is 16.5. The lowest BCUT2D eigenvalue weighted by atomic mass is 10.0. The first-order chi connectivity index (χ1) is 9.20. The SMILES string of the molecule is NCC(=O)Oc1cccc(C(=O)c2ccccc2)c1. The summed E-state index contributed by atoms with van der Waals surface area (Å²) in [5.41, 5.74) is 6.22. The average Bonchev–Trinajstić information content (AvgIpc) is 2.47. The van der Waals surface area contributed by atoms with Crippen LogP contribution < -0.4 is 10.5 Å². The molecule has 0 aromatic heterocycles. The van der Waals surface area contributed by atoms with Crippen LogP contribution in [-0.2, 0) is 4.79 Å². The normalized spacial score (nSPS) is 9.95. The van der Waals surface area contributed by atoms with Gasteiger partial charge in [0.15, 0.2) is 5.78 Å². The fourth-order valence-corrected chi connectivity index (χ4v) is 1.63. The summed E-state index contributed by atoms with van der Waals surface area (Å²) in [6, 6.07) is 15.4. The Hall–Kier alpha value is -2.46. The van der Waals surface area contributed by atoms with Crippen molar-refractivity contribution in [3.63, 3.8) is 0 Å². The fraction of sp³-hybridized carbons (Fsp3) is 0.0667. The minimum Gasteiger partial charge on any atom is -0.426 e. The van der Waals surface area contributed by atoms with Gasteiger partial charge in [0.1, 0.15) is 5.75 Å². The molecular weight excluding hydrogens is 242 g/mol. The Morgan fingerprint density at radius 1 is 0.947 bits per heavy atom. The van der Waals surface area contributed by atoms with E-state index in [1.54, 1.807) is 42.5 Å². The Balaban J connectivity index is 2.24. The van der Waals surface area contributed by atoms with E-state index in [9.17, 15) is 9.59 Å². The molecule has 96 valence electrons. The number of benzene rings is 2. The van der Waals surface area contributed by atoms with Crippen LogP contribution in [0.25, 0.3) is 0 Å². The predicted molar refractivity (Wildman–Crippen MR) is 71.0 cm³/mol. The highest BCUT2D eigenvalue weighted by Gasteiger charge is 2.10. The fourth-order valence-electron chi connectivity index (χ4n) is 1.63. The summed E-state index contributed by atoms with van der Waals surface area (Å²) in [7, 11) is 0. The van der Waals surface area contributed by atoms with Crippen molar-refractivity contribution in [2.75, 3.05) is 6.54 Å². The van der Waals surface area contributed by atoms with E-state index in [0.29, 0.717) is 16.9 Å². The standard InChI is InChI=1S/C15H13NO3/c16-10-14(17)19-13-8-4-7-12(9-13)15(18)11-5-2-1-3-6-11/h1-9H,10,16H2. The summed E-state index contributed by atoms with van der Waals surface area (Å²) in [5.74, 6) is -0.340. The maximum atomic E-state index is 12.2. The number of carbonyl (C=O) groups excluding carboxylic acids is 2. The van der Waals surface area contributed by atoms with Crippen LogP contribution in [0.2, 0.25) is 0 Å². The van der Waals surface area contributed by atoms with Crippen molar-refractivity contribution in [1.82, 2.24) is 0 Å². The molecule has 2 aromatic rings. The molecule has 4 heteroatoms.